The van der Waals surface area contributed by atoms with Gasteiger partial charge in [-0.1, -0.05) is 6.07 Å². The third-order valence-electron chi connectivity index (χ3n) is 1.63. The van der Waals surface area contributed by atoms with Gasteiger partial charge in [0.05, 0.1) is 16.5 Å². The fraction of sp³-hybridized carbons (Fsp3) is 0.111. The normalized spacial score (nSPS) is 10.5. The molecule has 1 amide bonds. The van der Waals surface area contributed by atoms with Crippen molar-refractivity contribution in [3.63, 3.8) is 0 Å². The van der Waals surface area contributed by atoms with E-state index in [4.69, 9.17) is 5.26 Å². The van der Waals surface area contributed by atoms with Gasteiger partial charge in [-0.2, -0.15) is 5.26 Å². The van der Waals surface area contributed by atoms with Gasteiger partial charge >= 0.3 is 0 Å². The minimum atomic E-state index is -3.82. The Morgan fingerprint density at radius 1 is 1.44 bits per heavy atom. The number of carbonyl (C=O) groups is 1. The zero-order chi connectivity index (χ0) is 12.2. The lowest BCUT2D eigenvalue weighted by Crippen LogP contribution is -2.40. The second-order valence-corrected chi connectivity index (χ2v) is 4.61. The van der Waals surface area contributed by atoms with Crippen molar-refractivity contribution >= 4 is 15.9 Å². The molecular weight excluding hydrogens is 230 g/mol. The van der Waals surface area contributed by atoms with Crippen molar-refractivity contribution in [2.45, 2.75) is 11.8 Å². The number of benzene rings is 1. The second-order valence-electron chi connectivity index (χ2n) is 2.93. The summed E-state index contributed by atoms with van der Waals surface area (Å²) in [6.07, 6.45) is 0. The van der Waals surface area contributed by atoms with Gasteiger partial charge in [0.1, 0.15) is 0 Å². The highest BCUT2D eigenvalue weighted by Crippen LogP contribution is 2.09. The van der Waals surface area contributed by atoms with Gasteiger partial charge in [0.25, 0.3) is 10.0 Å². The summed E-state index contributed by atoms with van der Waals surface area (Å²) >= 11 is 0. The number of nitriles is 1. The molecule has 0 aromatic heterocycles. The monoisotopic (exact) mass is 239 g/mol. The summed E-state index contributed by atoms with van der Waals surface area (Å²) in [5.41, 5.74) is 2.19. The molecule has 0 unspecified atom stereocenters. The van der Waals surface area contributed by atoms with Gasteiger partial charge in [0, 0.05) is 6.92 Å². The minimum Gasteiger partial charge on any atom is -0.278 e. The number of rotatable bonds is 3. The third-order valence-corrected chi connectivity index (χ3v) is 2.88. The number of amides is 1. The van der Waals surface area contributed by atoms with E-state index >= 15 is 0 Å². The number of hydrogen-bond acceptors (Lipinski definition) is 4. The Balaban J connectivity index is 2.99. The van der Waals surface area contributed by atoms with E-state index in [2.05, 4.69) is 0 Å². The van der Waals surface area contributed by atoms with Crippen LogP contribution in [-0.2, 0) is 14.8 Å². The van der Waals surface area contributed by atoms with Crippen LogP contribution in [0.5, 0.6) is 0 Å². The summed E-state index contributed by atoms with van der Waals surface area (Å²) in [4.78, 5) is 12.4. The summed E-state index contributed by atoms with van der Waals surface area (Å²) in [6.45, 7) is 1.17. The summed E-state index contributed by atoms with van der Waals surface area (Å²) in [7, 11) is -3.82. The first-order valence-corrected chi connectivity index (χ1v) is 5.72. The second kappa shape index (κ2) is 4.74. The maximum absolute atomic E-state index is 11.6. The van der Waals surface area contributed by atoms with Crippen molar-refractivity contribution in [2.75, 3.05) is 0 Å². The fourth-order valence-corrected chi connectivity index (χ4v) is 1.87. The van der Waals surface area contributed by atoms with E-state index in [0.29, 0.717) is 0 Å². The highest BCUT2D eigenvalue weighted by atomic mass is 32.2. The Morgan fingerprint density at radius 3 is 2.69 bits per heavy atom. The first-order chi connectivity index (χ1) is 7.45. The number of nitrogens with zero attached hydrogens (tertiary/aromatic N) is 1. The van der Waals surface area contributed by atoms with Crippen LogP contribution in [0.15, 0.2) is 29.2 Å². The number of nitrogens with one attached hydrogen (secondary N) is 2. The van der Waals surface area contributed by atoms with Gasteiger partial charge in [0.15, 0.2) is 0 Å². The Morgan fingerprint density at radius 2 is 2.12 bits per heavy atom. The molecule has 0 aliphatic carbocycles. The van der Waals surface area contributed by atoms with Gasteiger partial charge in [-0.25, -0.2) is 8.42 Å². The molecular formula is C9H9N3O3S. The van der Waals surface area contributed by atoms with Gasteiger partial charge in [-0.05, 0) is 18.2 Å². The summed E-state index contributed by atoms with van der Waals surface area (Å²) in [6, 6.07) is 7.29. The molecule has 1 rings (SSSR count). The molecule has 0 bridgehead atoms. The first kappa shape index (κ1) is 12.2. The number of carbonyl (C=O) groups excluding carboxylic acids is 1. The third kappa shape index (κ3) is 3.05. The molecule has 0 heterocycles. The van der Waals surface area contributed by atoms with Crippen molar-refractivity contribution < 1.29 is 13.2 Å². The molecule has 0 aliphatic rings. The lowest BCUT2D eigenvalue weighted by Gasteiger charge is -2.06. The fourth-order valence-electron chi connectivity index (χ4n) is 0.931. The van der Waals surface area contributed by atoms with Gasteiger partial charge in [-0.15, -0.1) is 4.83 Å². The van der Waals surface area contributed by atoms with Crippen molar-refractivity contribution in [1.29, 1.82) is 5.26 Å². The van der Waals surface area contributed by atoms with Gasteiger partial charge in [0.2, 0.25) is 5.91 Å². The zero-order valence-corrected chi connectivity index (χ0v) is 9.21. The molecule has 0 radical (unpaired) electrons. The van der Waals surface area contributed by atoms with E-state index in [0.717, 1.165) is 0 Å². The van der Waals surface area contributed by atoms with Crippen LogP contribution in [0.4, 0.5) is 0 Å². The van der Waals surface area contributed by atoms with Crippen LogP contribution in [-0.4, -0.2) is 14.3 Å². The van der Waals surface area contributed by atoms with Crippen molar-refractivity contribution in [3.8, 4) is 6.07 Å². The standard InChI is InChI=1S/C9H9N3O3S/c1-7(13)11-12-16(14,15)9-4-2-3-8(5-9)6-10/h2-5,12H,1H3,(H,11,13). The van der Waals surface area contributed by atoms with Crippen molar-refractivity contribution in [2.24, 2.45) is 0 Å². The molecule has 0 aliphatic heterocycles. The molecule has 16 heavy (non-hydrogen) atoms. The minimum absolute atomic E-state index is 0.0831. The SMILES string of the molecule is CC(=O)NNS(=O)(=O)c1cccc(C#N)c1. The number of hydrogen-bond donors (Lipinski definition) is 2. The maximum Gasteiger partial charge on any atom is 0.257 e. The van der Waals surface area contributed by atoms with E-state index in [9.17, 15) is 13.2 Å². The molecule has 6 nitrogen and oxygen atoms in total. The molecule has 0 spiro atoms. The number of sulfonamides is 1. The van der Waals surface area contributed by atoms with Crippen LogP contribution in [0, 0.1) is 11.3 Å². The molecule has 0 atom stereocenters. The summed E-state index contributed by atoms with van der Waals surface area (Å²) in [5.74, 6) is -0.528. The van der Waals surface area contributed by atoms with Crippen LogP contribution in [0.25, 0.3) is 0 Å². The number of hydrazine groups is 1. The van der Waals surface area contributed by atoms with E-state index in [-0.39, 0.29) is 10.5 Å². The quantitative estimate of drug-likeness (QED) is 0.719. The van der Waals surface area contributed by atoms with Crippen LogP contribution in [0.1, 0.15) is 12.5 Å². The molecule has 1 aromatic rings. The van der Waals surface area contributed by atoms with E-state index < -0.39 is 15.9 Å². The summed E-state index contributed by atoms with van der Waals surface area (Å²) in [5, 5.41) is 8.61. The van der Waals surface area contributed by atoms with Crippen molar-refractivity contribution in [1.82, 2.24) is 10.3 Å². The van der Waals surface area contributed by atoms with Gasteiger partial charge < -0.3 is 0 Å². The Kier molecular flexibility index (Phi) is 3.60. The topological polar surface area (TPSA) is 99.1 Å². The Labute approximate surface area is 92.9 Å². The van der Waals surface area contributed by atoms with E-state index in [1.165, 1.54) is 31.2 Å². The van der Waals surface area contributed by atoms with Crippen molar-refractivity contribution in [3.05, 3.63) is 29.8 Å². The van der Waals surface area contributed by atoms with Crippen LogP contribution in [0.2, 0.25) is 0 Å². The predicted octanol–water partition coefficient (Wildman–Crippen LogP) is -0.112. The van der Waals surface area contributed by atoms with E-state index in [1.54, 1.807) is 0 Å². The van der Waals surface area contributed by atoms with Gasteiger partial charge in [-0.3, -0.25) is 10.2 Å². The smallest absolute Gasteiger partial charge is 0.257 e. The highest BCUT2D eigenvalue weighted by Gasteiger charge is 2.14. The molecule has 7 heteroatoms. The van der Waals surface area contributed by atoms with Crippen LogP contribution < -0.4 is 10.3 Å². The average molecular weight is 239 g/mol. The lowest BCUT2D eigenvalue weighted by molar-refractivity contribution is -0.119. The lowest BCUT2D eigenvalue weighted by atomic mass is 10.2. The van der Waals surface area contributed by atoms with Crippen LogP contribution >= 0.6 is 0 Å². The predicted molar refractivity (Wildman–Crippen MR) is 55.3 cm³/mol. The van der Waals surface area contributed by atoms with Crippen LogP contribution in [0.3, 0.4) is 0 Å². The Bertz CT molecular complexity index is 545. The molecule has 84 valence electrons. The first-order valence-electron chi connectivity index (χ1n) is 4.24. The maximum atomic E-state index is 11.6. The Hall–Kier alpha value is -1.91. The zero-order valence-electron chi connectivity index (χ0n) is 8.39. The molecule has 0 saturated carbocycles. The average Bonchev–Trinajstić information content (AvgIpc) is 2.27. The molecule has 1 aromatic carbocycles. The molecule has 0 fully saturated rings. The largest absolute Gasteiger partial charge is 0.278 e. The van der Waals surface area contributed by atoms with E-state index in [1.807, 2.05) is 16.3 Å². The summed E-state index contributed by atoms with van der Waals surface area (Å²) < 4.78 is 23.1. The molecule has 0 saturated heterocycles. The molecule has 2 N–H and O–H groups in total. The highest BCUT2D eigenvalue weighted by molar-refractivity contribution is 7.89.